The minimum absolute atomic E-state index is 0.232. The molecule has 1 aromatic rings. The van der Waals surface area contributed by atoms with E-state index in [2.05, 4.69) is 17.2 Å². The third-order valence-corrected chi connectivity index (χ3v) is 3.55. The summed E-state index contributed by atoms with van der Waals surface area (Å²) >= 11 is 0. The van der Waals surface area contributed by atoms with Gasteiger partial charge < -0.3 is 10.1 Å². The van der Waals surface area contributed by atoms with Crippen molar-refractivity contribution in [2.75, 3.05) is 13.7 Å². The summed E-state index contributed by atoms with van der Waals surface area (Å²) in [5.41, 5.74) is 1.82. The molecule has 1 N–H and O–H groups in total. The molecule has 0 bridgehead atoms. The molecule has 2 amide bonds. The summed E-state index contributed by atoms with van der Waals surface area (Å²) in [5, 5.41) is 2.85. The summed E-state index contributed by atoms with van der Waals surface area (Å²) in [7, 11) is 1.33. The monoisotopic (exact) mass is 298 g/mol. The molecule has 22 heavy (non-hydrogen) atoms. The fraction of sp³-hybridized carbons (Fsp3) is 0.294. The van der Waals surface area contributed by atoms with Crippen molar-refractivity contribution in [3.05, 3.63) is 47.2 Å². The number of hydrogen-bond donors (Lipinski definition) is 1. The van der Waals surface area contributed by atoms with E-state index in [0.29, 0.717) is 11.3 Å². The number of urea groups is 1. The Morgan fingerprint density at radius 3 is 2.64 bits per heavy atom. The van der Waals surface area contributed by atoms with Crippen LogP contribution in [-0.4, -0.2) is 30.6 Å². The number of benzene rings is 1. The van der Waals surface area contributed by atoms with Gasteiger partial charge in [-0.05, 0) is 19.4 Å². The van der Waals surface area contributed by atoms with Crippen LogP contribution < -0.4 is 5.32 Å². The van der Waals surface area contributed by atoms with E-state index in [0.717, 1.165) is 5.56 Å². The van der Waals surface area contributed by atoms with Crippen LogP contribution in [0.25, 0.3) is 0 Å². The van der Waals surface area contributed by atoms with Crippen molar-refractivity contribution in [2.24, 2.45) is 0 Å². The molecule has 2 rings (SSSR count). The molecule has 1 aromatic carbocycles. The zero-order chi connectivity index (χ0) is 16.1. The van der Waals surface area contributed by atoms with Gasteiger partial charge in [0.1, 0.15) is 0 Å². The smallest absolute Gasteiger partial charge is 0.337 e. The van der Waals surface area contributed by atoms with Gasteiger partial charge in [-0.15, -0.1) is 5.92 Å². The molecule has 0 unspecified atom stereocenters. The second-order valence-corrected chi connectivity index (χ2v) is 4.80. The topological polar surface area (TPSA) is 58.6 Å². The molecule has 5 nitrogen and oxygen atoms in total. The summed E-state index contributed by atoms with van der Waals surface area (Å²) in [6.45, 7) is 3.67. The van der Waals surface area contributed by atoms with E-state index in [1.807, 2.05) is 30.3 Å². The van der Waals surface area contributed by atoms with E-state index >= 15 is 0 Å². The maximum Gasteiger partial charge on any atom is 0.337 e. The minimum Gasteiger partial charge on any atom is -0.466 e. The van der Waals surface area contributed by atoms with Crippen LogP contribution in [-0.2, 0) is 9.53 Å². The van der Waals surface area contributed by atoms with Gasteiger partial charge in [0, 0.05) is 5.70 Å². The zero-order valence-corrected chi connectivity index (χ0v) is 12.8. The van der Waals surface area contributed by atoms with Crippen molar-refractivity contribution in [1.29, 1.82) is 0 Å². The highest BCUT2D eigenvalue weighted by Crippen LogP contribution is 2.30. The first kappa shape index (κ1) is 15.6. The summed E-state index contributed by atoms with van der Waals surface area (Å²) in [4.78, 5) is 26.0. The maximum absolute atomic E-state index is 12.3. The first-order valence-electron chi connectivity index (χ1n) is 6.91. The second kappa shape index (κ2) is 6.81. The SMILES string of the molecule is CC#CCN1C(=O)N[C@@H](c2ccccc2)C(C(=O)OC)=C1C. The van der Waals surface area contributed by atoms with Crippen molar-refractivity contribution in [3.63, 3.8) is 0 Å². The molecular weight excluding hydrogens is 280 g/mol. The third kappa shape index (κ3) is 2.96. The maximum atomic E-state index is 12.3. The molecular formula is C17H18N2O3. The number of rotatable bonds is 3. The van der Waals surface area contributed by atoms with Crippen LogP contribution in [0.4, 0.5) is 4.79 Å². The molecule has 1 aliphatic heterocycles. The standard InChI is InChI=1S/C17H18N2O3/c1-4-5-11-19-12(2)14(16(20)22-3)15(18-17(19)21)13-9-7-6-8-10-13/h6-10,15H,11H2,1-3H3,(H,18,21)/t15-/m0/s1. The van der Waals surface area contributed by atoms with Gasteiger partial charge in [0.25, 0.3) is 0 Å². The fourth-order valence-corrected chi connectivity index (χ4v) is 2.40. The molecule has 5 heteroatoms. The Balaban J connectivity index is 2.51. The van der Waals surface area contributed by atoms with E-state index in [-0.39, 0.29) is 12.6 Å². The molecule has 0 fully saturated rings. The zero-order valence-electron chi connectivity index (χ0n) is 12.8. The number of carbonyl (C=O) groups is 2. The molecule has 0 saturated carbocycles. The van der Waals surface area contributed by atoms with Crippen molar-refractivity contribution in [2.45, 2.75) is 19.9 Å². The van der Waals surface area contributed by atoms with Gasteiger partial charge in [0.2, 0.25) is 0 Å². The van der Waals surface area contributed by atoms with Gasteiger partial charge in [-0.1, -0.05) is 36.3 Å². The average molecular weight is 298 g/mol. The molecule has 0 spiro atoms. The Bertz CT molecular complexity index is 668. The Labute approximate surface area is 129 Å². The number of ether oxygens (including phenoxy) is 1. The number of hydrogen-bond acceptors (Lipinski definition) is 3. The van der Waals surface area contributed by atoms with E-state index < -0.39 is 12.0 Å². The van der Waals surface area contributed by atoms with Gasteiger partial charge in [0.15, 0.2) is 0 Å². The highest BCUT2D eigenvalue weighted by Gasteiger charge is 2.35. The predicted molar refractivity (Wildman–Crippen MR) is 82.6 cm³/mol. The largest absolute Gasteiger partial charge is 0.466 e. The third-order valence-electron chi connectivity index (χ3n) is 3.55. The summed E-state index contributed by atoms with van der Waals surface area (Å²) in [6.07, 6.45) is 0. The molecule has 0 aromatic heterocycles. The van der Waals surface area contributed by atoms with E-state index in [9.17, 15) is 9.59 Å². The predicted octanol–water partition coefficient (Wildman–Crippen LogP) is 2.22. The number of allylic oxidation sites excluding steroid dienone is 1. The Kier molecular flexibility index (Phi) is 4.84. The van der Waals surface area contributed by atoms with Gasteiger partial charge >= 0.3 is 12.0 Å². The Morgan fingerprint density at radius 2 is 2.05 bits per heavy atom. The highest BCUT2D eigenvalue weighted by atomic mass is 16.5. The van der Waals surface area contributed by atoms with E-state index in [1.165, 1.54) is 12.0 Å². The van der Waals surface area contributed by atoms with E-state index in [1.54, 1.807) is 13.8 Å². The first-order valence-corrected chi connectivity index (χ1v) is 6.91. The number of carbonyl (C=O) groups excluding carboxylic acids is 2. The number of esters is 1. The molecule has 1 atom stereocenters. The summed E-state index contributed by atoms with van der Waals surface area (Å²) in [5.74, 6) is 5.13. The average Bonchev–Trinajstić information content (AvgIpc) is 2.54. The van der Waals surface area contributed by atoms with E-state index in [4.69, 9.17) is 4.74 Å². The summed E-state index contributed by atoms with van der Waals surface area (Å²) in [6, 6.07) is 8.53. The van der Waals surface area contributed by atoms with Crippen LogP contribution in [0.2, 0.25) is 0 Å². The number of nitrogens with zero attached hydrogens (tertiary/aromatic N) is 1. The lowest BCUT2D eigenvalue weighted by Gasteiger charge is -2.34. The van der Waals surface area contributed by atoms with Crippen molar-refractivity contribution >= 4 is 12.0 Å². The minimum atomic E-state index is -0.521. The molecule has 0 saturated heterocycles. The first-order chi connectivity index (χ1) is 10.6. The summed E-state index contributed by atoms with van der Waals surface area (Å²) < 4.78 is 4.89. The Hall–Kier alpha value is -2.74. The van der Waals surface area contributed by atoms with Crippen LogP contribution in [0.15, 0.2) is 41.6 Å². The highest BCUT2D eigenvalue weighted by molar-refractivity contribution is 5.95. The van der Waals surface area contributed by atoms with Crippen molar-refractivity contribution in [3.8, 4) is 11.8 Å². The molecule has 0 radical (unpaired) electrons. The number of amides is 2. The molecule has 0 aliphatic carbocycles. The lowest BCUT2D eigenvalue weighted by molar-refractivity contribution is -0.136. The van der Waals surface area contributed by atoms with Crippen LogP contribution in [0, 0.1) is 11.8 Å². The van der Waals surface area contributed by atoms with Gasteiger partial charge in [-0.2, -0.15) is 0 Å². The van der Waals surface area contributed by atoms with Crippen molar-refractivity contribution in [1.82, 2.24) is 10.2 Å². The van der Waals surface area contributed by atoms with Gasteiger partial charge in [-0.25, -0.2) is 9.59 Å². The molecule has 1 heterocycles. The lowest BCUT2D eigenvalue weighted by Crippen LogP contribution is -2.48. The van der Waals surface area contributed by atoms with Gasteiger partial charge in [0.05, 0.1) is 25.3 Å². The van der Waals surface area contributed by atoms with Crippen LogP contribution in [0.1, 0.15) is 25.5 Å². The van der Waals surface area contributed by atoms with Gasteiger partial charge in [-0.3, -0.25) is 4.90 Å². The lowest BCUT2D eigenvalue weighted by atomic mass is 9.95. The quantitative estimate of drug-likeness (QED) is 0.687. The van der Waals surface area contributed by atoms with Crippen LogP contribution >= 0.6 is 0 Å². The van der Waals surface area contributed by atoms with Crippen LogP contribution in [0.5, 0.6) is 0 Å². The fourth-order valence-electron chi connectivity index (χ4n) is 2.40. The van der Waals surface area contributed by atoms with Crippen LogP contribution in [0.3, 0.4) is 0 Å². The molecule has 1 aliphatic rings. The molecule has 114 valence electrons. The Morgan fingerprint density at radius 1 is 1.36 bits per heavy atom. The normalized spacial score (nSPS) is 17.5. The number of methoxy groups -OCH3 is 1. The van der Waals surface area contributed by atoms with Crippen molar-refractivity contribution < 1.29 is 14.3 Å². The second-order valence-electron chi connectivity index (χ2n) is 4.80. The number of nitrogens with one attached hydrogen (secondary N) is 1.